The van der Waals surface area contributed by atoms with Gasteiger partial charge in [-0.3, -0.25) is 4.79 Å². The maximum atomic E-state index is 12.5. The summed E-state index contributed by atoms with van der Waals surface area (Å²) in [6.07, 6.45) is 0. The topological polar surface area (TPSA) is 29.5 Å². The van der Waals surface area contributed by atoms with Gasteiger partial charge in [-0.05, 0) is 41.1 Å². The second kappa shape index (κ2) is 6.21. The Morgan fingerprint density at radius 1 is 1.61 bits per heavy atom. The number of ether oxygens (including phenoxy) is 1. The Kier molecular flexibility index (Phi) is 4.86. The summed E-state index contributed by atoms with van der Waals surface area (Å²) >= 11 is 8.13. The average Bonchev–Trinajstić information content (AvgIpc) is 2.41. The van der Waals surface area contributed by atoms with Crippen LogP contribution in [0.25, 0.3) is 0 Å². The first kappa shape index (κ1) is 14.1. The summed E-state index contributed by atoms with van der Waals surface area (Å²) in [5.74, 6) is 0.464. The Hall–Kier alpha value is -0.330. The molecular weight excluding hydrogens is 365 g/mol. The van der Waals surface area contributed by atoms with Gasteiger partial charge in [0.2, 0.25) is 0 Å². The molecule has 0 bridgehead atoms. The molecular formula is C13H15ClINO2. The highest BCUT2D eigenvalue weighted by molar-refractivity contribution is 14.1. The minimum atomic E-state index is -0.0239. The van der Waals surface area contributed by atoms with E-state index < -0.39 is 0 Å². The van der Waals surface area contributed by atoms with E-state index >= 15 is 0 Å². The van der Waals surface area contributed by atoms with Gasteiger partial charge < -0.3 is 9.64 Å². The van der Waals surface area contributed by atoms with E-state index in [2.05, 4.69) is 22.6 Å². The van der Waals surface area contributed by atoms with Crippen LogP contribution in [0, 0.1) is 10.5 Å². The highest BCUT2D eigenvalue weighted by Crippen LogP contribution is 2.20. The lowest BCUT2D eigenvalue weighted by atomic mass is 10.1. The third kappa shape index (κ3) is 2.81. The van der Waals surface area contributed by atoms with Gasteiger partial charge in [0.1, 0.15) is 0 Å². The largest absolute Gasteiger partial charge is 0.377 e. The van der Waals surface area contributed by atoms with Crippen molar-refractivity contribution in [1.82, 2.24) is 4.90 Å². The van der Waals surface area contributed by atoms with Crippen LogP contribution in [0.5, 0.6) is 0 Å². The van der Waals surface area contributed by atoms with Crippen LogP contribution in [-0.2, 0) is 4.74 Å². The van der Waals surface area contributed by atoms with Crippen LogP contribution < -0.4 is 0 Å². The van der Waals surface area contributed by atoms with Gasteiger partial charge in [-0.25, -0.2) is 0 Å². The van der Waals surface area contributed by atoms with Crippen LogP contribution in [0.15, 0.2) is 18.2 Å². The molecule has 1 aromatic carbocycles. The molecule has 1 unspecified atom stereocenters. The molecule has 1 atom stereocenters. The van der Waals surface area contributed by atoms with Gasteiger partial charge in [-0.15, -0.1) is 11.6 Å². The number of aryl methyl sites for hydroxylation is 1. The summed E-state index contributed by atoms with van der Waals surface area (Å²) < 4.78 is 6.38. The van der Waals surface area contributed by atoms with E-state index in [0.717, 1.165) is 14.7 Å². The molecule has 18 heavy (non-hydrogen) atoms. The Morgan fingerprint density at radius 3 is 3.11 bits per heavy atom. The summed E-state index contributed by atoms with van der Waals surface area (Å²) in [6.45, 7) is 3.73. The van der Waals surface area contributed by atoms with Crippen LogP contribution in [0.3, 0.4) is 0 Å². The van der Waals surface area contributed by atoms with Crippen molar-refractivity contribution in [3.8, 4) is 0 Å². The standard InChI is InChI=1S/C13H15ClINO2/c1-9-3-2-4-11(12(9)15)13(17)16-5-6-18-8-10(16)7-14/h2-4,10H,5-8H2,1H3. The van der Waals surface area contributed by atoms with Gasteiger partial charge in [0.05, 0.1) is 24.8 Å². The number of carbonyl (C=O) groups is 1. The van der Waals surface area contributed by atoms with Crippen LogP contribution >= 0.6 is 34.2 Å². The van der Waals surface area contributed by atoms with E-state index in [4.69, 9.17) is 16.3 Å². The highest BCUT2D eigenvalue weighted by Gasteiger charge is 2.28. The van der Waals surface area contributed by atoms with Gasteiger partial charge in [0.15, 0.2) is 0 Å². The van der Waals surface area contributed by atoms with E-state index in [1.54, 1.807) is 0 Å². The molecule has 0 N–H and O–H groups in total. The Balaban J connectivity index is 2.27. The second-order valence-electron chi connectivity index (χ2n) is 4.32. The van der Waals surface area contributed by atoms with E-state index in [1.807, 2.05) is 30.0 Å². The van der Waals surface area contributed by atoms with Crippen LogP contribution in [0.1, 0.15) is 15.9 Å². The fraction of sp³-hybridized carbons (Fsp3) is 0.462. The zero-order chi connectivity index (χ0) is 13.1. The van der Waals surface area contributed by atoms with Crippen LogP contribution in [-0.4, -0.2) is 42.5 Å². The van der Waals surface area contributed by atoms with Crippen molar-refractivity contribution in [1.29, 1.82) is 0 Å². The Labute approximate surface area is 126 Å². The molecule has 1 heterocycles. The number of hydrogen-bond donors (Lipinski definition) is 0. The second-order valence-corrected chi connectivity index (χ2v) is 5.71. The van der Waals surface area contributed by atoms with Crippen molar-refractivity contribution in [3.05, 3.63) is 32.9 Å². The predicted molar refractivity (Wildman–Crippen MR) is 80.3 cm³/mol. The number of amides is 1. The molecule has 0 spiro atoms. The van der Waals surface area contributed by atoms with Crippen LogP contribution in [0.2, 0.25) is 0 Å². The first-order chi connectivity index (χ1) is 8.65. The lowest BCUT2D eigenvalue weighted by Gasteiger charge is -2.34. The third-order valence-corrected chi connectivity index (χ3v) is 4.88. The van der Waals surface area contributed by atoms with Crippen molar-refractivity contribution in [2.75, 3.05) is 25.6 Å². The molecule has 1 aliphatic rings. The third-order valence-electron chi connectivity index (χ3n) is 3.09. The molecule has 2 rings (SSSR count). The number of hydrogen-bond acceptors (Lipinski definition) is 2. The number of rotatable bonds is 2. The lowest BCUT2D eigenvalue weighted by Crippen LogP contribution is -2.49. The number of morpholine rings is 1. The summed E-state index contributed by atoms with van der Waals surface area (Å²) in [6, 6.07) is 5.78. The zero-order valence-corrected chi connectivity index (χ0v) is 13.1. The number of benzene rings is 1. The summed E-state index contributed by atoms with van der Waals surface area (Å²) in [5, 5.41) is 0. The molecule has 0 aromatic heterocycles. The average molecular weight is 380 g/mol. The van der Waals surface area contributed by atoms with E-state index in [9.17, 15) is 4.79 Å². The SMILES string of the molecule is Cc1cccc(C(=O)N2CCOCC2CCl)c1I. The minimum Gasteiger partial charge on any atom is -0.377 e. The molecule has 0 saturated carbocycles. The van der Waals surface area contributed by atoms with Gasteiger partial charge in [0.25, 0.3) is 5.91 Å². The van der Waals surface area contributed by atoms with E-state index in [-0.39, 0.29) is 11.9 Å². The summed E-state index contributed by atoms with van der Waals surface area (Å²) in [5.41, 5.74) is 1.88. The van der Waals surface area contributed by atoms with Gasteiger partial charge >= 0.3 is 0 Å². The Bertz CT molecular complexity index is 453. The number of nitrogens with zero attached hydrogens (tertiary/aromatic N) is 1. The van der Waals surface area contributed by atoms with Crippen molar-refractivity contribution < 1.29 is 9.53 Å². The lowest BCUT2D eigenvalue weighted by molar-refractivity contribution is 0.00450. The molecule has 1 fully saturated rings. The minimum absolute atomic E-state index is 0.0239. The molecule has 1 saturated heterocycles. The highest BCUT2D eigenvalue weighted by atomic mass is 127. The van der Waals surface area contributed by atoms with Gasteiger partial charge in [-0.1, -0.05) is 12.1 Å². The monoisotopic (exact) mass is 379 g/mol. The first-order valence-electron chi connectivity index (χ1n) is 5.85. The zero-order valence-electron chi connectivity index (χ0n) is 10.2. The molecule has 98 valence electrons. The van der Waals surface area contributed by atoms with Crippen molar-refractivity contribution >= 4 is 40.1 Å². The molecule has 3 nitrogen and oxygen atoms in total. The van der Waals surface area contributed by atoms with E-state index in [1.165, 1.54) is 0 Å². The molecule has 5 heteroatoms. The molecule has 1 aromatic rings. The maximum absolute atomic E-state index is 12.5. The molecule has 0 aliphatic carbocycles. The first-order valence-corrected chi connectivity index (χ1v) is 7.46. The summed E-state index contributed by atoms with van der Waals surface area (Å²) in [7, 11) is 0. The summed E-state index contributed by atoms with van der Waals surface area (Å²) in [4.78, 5) is 14.4. The van der Waals surface area contributed by atoms with Gasteiger partial charge in [0, 0.05) is 16.0 Å². The number of alkyl halides is 1. The van der Waals surface area contributed by atoms with Crippen LogP contribution in [0.4, 0.5) is 0 Å². The fourth-order valence-electron chi connectivity index (χ4n) is 2.02. The quantitative estimate of drug-likeness (QED) is 0.584. The van der Waals surface area contributed by atoms with Crippen molar-refractivity contribution in [2.45, 2.75) is 13.0 Å². The molecule has 1 amide bonds. The van der Waals surface area contributed by atoms with Gasteiger partial charge in [-0.2, -0.15) is 0 Å². The normalized spacial score (nSPS) is 19.9. The van der Waals surface area contributed by atoms with E-state index in [0.29, 0.717) is 25.6 Å². The smallest absolute Gasteiger partial charge is 0.255 e. The Morgan fingerprint density at radius 2 is 2.39 bits per heavy atom. The fourth-order valence-corrected chi connectivity index (χ4v) is 2.86. The number of halogens is 2. The maximum Gasteiger partial charge on any atom is 0.255 e. The molecule has 0 radical (unpaired) electrons. The number of carbonyl (C=O) groups excluding carboxylic acids is 1. The van der Waals surface area contributed by atoms with Crippen molar-refractivity contribution in [2.24, 2.45) is 0 Å². The predicted octanol–water partition coefficient (Wildman–Crippen LogP) is 2.68. The molecule has 1 aliphatic heterocycles. The van der Waals surface area contributed by atoms with Crippen molar-refractivity contribution in [3.63, 3.8) is 0 Å².